The van der Waals surface area contributed by atoms with Gasteiger partial charge < -0.3 is 20.1 Å². The Morgan fingerprint density at radius 2 is 2.09 bits per heavy atom. The van der Waals surface area contributed by atoms with Crippen LogP contribution >= 0.6 is 0 Å². The van der Waals surface area contributed by atoms with Gasteiger partial charge in [0.05, 0.1) is 25.9 Å². The van der Waals surface area contributed by atoms with Gasteiger partial charge in [0.2, 0.25) is 5.91 Å². The van der Waals surface area contributed by atoms with Gasteiger partial charge in [0.25, 0.3) is 0 Å². The minimum Gasteiger partial charge on any atom is -0.493 e. The lowest BCUT2D eigenvalue weighted by Gasteiger charge is -2.31. The Labute approximate surface area is 200 Å². The predicted molar refractivity (Wildman–Crippen MR) is 128 cm³/mol. The number of hydrogen-bond donors (Lipinski definition) is 2. The van der Waals surface area contributed by atoms with Gasteiger partial charge in [0, 0.05) is 26.2 Å². The molecule has 1 saturated heterocycles. The molecule has 3 atom stereocenters. The summed E-state index contributed by atoms with van der Waals surface area (Å²) < 4.78 is 26.2. The molecule has 2 N–H and O–H groups in total. The minimum absolute atomic E-state index is 0.0432. The monoisotopic (exact) mass is 467 g/mol. The number of amides is 1. The van der Waals surface area contributed by atoms with Crippen molar-refractivity contribution in [2.24, 2.45) is 5.92 Å². The molecule has 2 aliphatic heterocycles. The van der Waals surface area contributed by atoms with Gasteiger partial charge in [-0.1, -0.05) is 30.3 Å². The lowest BCUT2D eigenvalue weighted by atomic mass is 9.97. The molecule has 2 heterocycles. The third-order valence-electron chi connectivity index (χ3n) is 6.93. The van der Waals surface area contributed by atoms with Crippen molar-refractivity contribution < 1.29 is 18.7 Å². The van der Waals surface area contributed by atoms with E-state index in [1.54, 1.807) is 0 Å². The second kappa shape index (κ2) is 10.4. The zero-order chi connectivity index (χ0) is 23.5. The van der Waals surface area contributed by atoms with E-state index in [0.29, 0.717) is 38.8 Å². The Hall–Kier alpha value is -2.48. The van der Waals surface area contributed by atoms with Crippen molar-refractivity contribution in [3.63, 3.8) is 0 Å². The number of carbonyl (C=O) groups is 1. The van der Waals surface area contributed by atoms with Crippen molar-refractivity contribution in [3.8, 4) is 5.75 Å². The minimum atomic E-state index is -1.01. The van der Waals surface area contributed by atoms with Crippen LogP contribution in [-0.4, -0.2) is 49.8 Å². The summed E-state index contributed by atoms with van der Waals surface area (Å²) in [6, 6.07) is 13.7. The van der Waals surface area contributed by atoms with E-state index in [1.165, 1.54) is 12.8 Å². The number of ether oxygens (including phenoxy) is 2. The lowest BCUT2D eigenvalue weighted by molar-refractivity contribution is -0.126. The first-order valence-corrected chi connectivity index (χ1v) is 12.4. The highest BCUT2D eigenvalue weighted by Gasteiger charge is 2.27. The number of nitrogens with one attached hydrogen (secondary N) is 2. The van der Waals surface area contributed by atoms with Crippen molar-refractivity contribution in [2.45, 2.75) is 51.1 Å². The van der Waals surface area contributed by atoms with Gasteiger partial charge in [-0.3, -0.25) is 9.69 Å². The molecule has 182 valence electrons. The largest absolute Gasteiger partial charge is 0.493 e. The molecule has 34 heavy (non-hydrogen) atoms. The fraction of sp³-hybridized carbons (Fsp3) is 0.519. The second-order valence-electron chi connectivity index (χ2n) is 9.81. The summed E-state index contributed by atoms with van der Waals surface area (Å²) >= 11 is 0. The summed E-state index contributed by atoms with van der Waals surface area (Å²) in [6.07, 6.45) is 1.47. The Morgan fingerprint density at radius 1 is 1.26 bits per heavy atom. The van der Waals surface area contributed by atoms with E-state index in [1.807, 2.05) is 37.3 Å². The number of hydrogen-bond acceptors (Lipinski definition) is 5. The van der Waals surface area contributed by atoms with Crippen LogP contribution in [-0.2, 0) is 22.6 Å². The number of morpholine rings is 1. The van der Waals surface area contributed by atoms with Crippen LogP contribution < -0.4 is 15.4 Å². The molecule has 3 aliphatic rings. The number of carbonyl (C=O) groups excluding carboxylic acids is 1. The van der Waals surface area contributed by atoms with E-state index in [0.717, 1.165) is 41.2 Å². The van der Waals surface area contributed by atoms with E-state index in [-0.39, 0.29) is 18.0 Å². The predicted octanol–water partition coefficient (Wildman–Crippen LogP) is 3.67. The van der Waals surface area contributed by atoms with Gasteiger partial charge in [-0.2, -0.15) is 0 Å². The summed E-state index contributed by atoms with van der Waals surface area (Å²) in [5.74, 6) is 1.42. The number of benzene rings is 2. The summed E-state index contributed by atoms with van der Waals surface area (Å²) in [6.45, 7) is 6.25. The van der Waals surface area contributed by atoms with Crippen LogP contribution in [0.25, 0.3) is 0 Å². The first-order valence-electron chi connectivity index (χ1n) is 12.4. The van der Waals surface area contributed by atoms with Crippen molar-refractivity contribution in [1.82, 2.24) is 15.5 Å². The van der Waals surface area contributed by atoms with Gasteiger partial charge >= 0.3 is 0 Å². The number of rotatable bonds is 8. The van der Waals surface area contributed by atoms with E-state index in [4.69, 9.17) is 9.47 Å². The zero-order valence-corrected chi connectivity index (χ0v) is 19.8. The maximum Gasteiger partial charge on any atom is 0.240 e. The lowest BCUT2D eigenvalue weighted by Crippen LogP contribution is -2.51. The van der Waals surface area contributed by atoms with Gasteiger partial charge in [-0.25, -0.2) is 4.39 Å². The van der Waals surface area contributed by atoms with Gasteiger partial charge in [-0.15, -0.1) is 0 Å². The Bertz CT molecular complexity index is 989. The smallest absolute Gasteiger partial charge is 0.240 e. The average molecular weight is 468 g/mol. The van der Waals surface area contributed by atoms with E-state index in [2.05, 4.69) is 27.7 Å². The molecule has 1 amide bonds. The Morgan fingerprint density at radius 3 is 2.82 bits per heavy atom. The van der Waals surface area contributed by atoms with Crippen molar-refractivity contribution >= 4 is 5.91 Å². The van der Waals surface area contributed by atoms with Crippen LogP contribution in [0.15, 0.2) is 42.5 Å². The molecule has 2 unspecified atom stereocenters. The molecule has 1 saturated carbocycles. The number of alkyl halides is 1. The molecule has 1 aliphatic carbocycles. The maximum absolute atomic E-state index is 15.0. The molecule has 2 aromatic rings. The quantitative estimate of drug-likeness (QED) is 0.620. The number of fused-ring (bicyclic) bond motifs is 1. The van der Waals surface area contributed by atoms with Crippen LogP contribution in [0, 0.1) is 5.92 Å². The average Bonchev–Trinajstić information content (AvgIpc) is 3.68. The van der Waals surface area contributed by atoms with Gasteiger partial charge in [0.15, 0.2) is 0 Å². The molecular formula is C27H34FN3O3. The van der Waals surface area contributed by atoms with Crippen molar-refractivity contribution in [3.05, 3.63) is 64.7 Å². The maximum atomic E-state index is 15.0. The van der Waals surface area contributed by atoms with Gasteiger partial charge in [0.1, 0.15) is 18.0 Å². The molecule has 2 fully saturated rings. The number of halogens is 1. The topological polar surface area (TPSA) is 62.8 Å². The van der Waals surface area contributed by atoms with Crippen molar-refractivity contribution in [1.29, 1.82) is 0 Å². The normalized spacial score (nSPS) is 23.7. The van der Waals surface area contributed by atoms with Crippen LogP contribution in [0.2, 0.25) is 0 Å². The summed E-state index contributed by atoms with van der Waals surface area (Å²) in [5.41, 5.74) is 3.97. The first kappa shape index (κ1) is 23.3. The molecule has 0 radical (unpaired) electrons. The molecule has 0 spiro atoms. The third kappa shape index (κ3) is 5.77. The van der Waals surface area contributed by atoms with Crippen LogP contribution in [0.3, 0.4) is 0 Å². The molecule has 0 bridgehead atoms. The molecular weight excluding hydrogens is 433 g/mol. The molecule has 2 aromatic carbocycles. The zero-order valence-electron chi connectivity index (χ0n) is 19.8. The number of nitrogens with zero attached hydrogens (tertiary/aromatic N) is 1. The second-order valence-corrected chi connectivity index (χ2v) is 9.81. The van der Waals surface area contributed by atoms with E-state index in [9.17, 15) is 4.79 Å². The highest BCUT2D eigenvalue weighted by molar-refractivity contribution is 5.82. The highest BCUT2D eigenvalue weighted by Crippen LogP contribution is 2.34. The summed E-state index contributed by atoms with van der Waals surface area (Å²) in [5, 5.41) is 6.23. The van der Waals surface area contributed by atoms with E-state index >= 15 is 4.39 Å². The molecule has 6 nitrogen and oxygen atoms in total. The van der Waals surface area contributed by atoms with Crippen LogP contribution in [0.1, 0.15) is 54.2 Å². The summed E-state index contributed by atoms with van der Waals surface area (Å²) in [4.78, 5) is 14.6. The Balaban J connectivity index is 1.15. The third-order valence-corrected chi connectivity index (χ3v) is 6.93. The highest BCUT2D eigenvalue weighted by atomic mass is 19.1. The van der Waals surface area contributed by atoms with E-state index < -0.39 is 6.17 Å². The standard InChI is InChI=1S/C27H34FN3O3/c1-18(30-27(32)26-17-33-11-10-29-26)21-6-4-19(5-7-21)13-31-14-22-8-9-23(34-16-20-2-3-20)12-24(22)25(28)15-31/h4-9,12,18,20,25-26,29H,2-3,10-11,13-17H2,1H3,(H,30,32)/t18-,25?,26?/m0/s1. The van der Waals surface area contributed by atoms with Gasteiger partial charge in [-0.05, 0) is 60.1 Å². The molecule has 7 heteroatoms. The fourth-order valence-electron chi connectivity index (χ4n) is 4.65. The van der Waals surface area contributed by atoms with Crippen LogP contribution in [0.4, 0.5) is 4.39 Å². The van der Waals surface area contributed by atoms with Crippen molar-refractivity contribution in [2.75, 3.05) is 32.9 Å². The van der Waals surface area contributed by atoms with Crippen LogP contribution in [0.5, 0.6) is 5.75 Å². The molecule has 5 rings (SSSR count). The molecule has 0 aromatic heterocycles. The fourth-order valence-corrected chi connectivity index (χ4v) is 4.65. The first-order chi connectivity index (χ1) is 16.5. The Kier molecular flexibility index (Phi) is 7.13. The SMILES string of the molecule is C[C@H](NC(=O)C1COCCN1)c1ccc(CN2Cc3ccc(OCC4CC4)cc3C(F)C2)cc1. The summed E-state index contributed by atoms with van der Waals surface area (Å²) in [7, 11) is 0.